The number of para-hydroxylation sites is 2. The summed E-state index contributed by atoms with van der Waals surface area (Å²) >= 11 is 0. The molecule has 32 heavy (non-hydrogen) atoms. The highest BCUT2D eigenvalue weighted by molar-refractivity contribution is 5.91. The molecule has 1 N–H and O–H groups in total. The largest absolute Gasteiger partial charge is 0.455 e. The van der Waals surface area contributed by atoms with Gasteiger partial charge in [0.2, 0.25) is 5.91 Å². The predicted octanol–water partition coefficient (Wildman–Crippen LogP) is 4.20. The Bertz CT molecular complexity index is 914. The van der Waals surface area contributed by atoms with Crippen molar-refractivity contribution in [1.82, 2.24) is 14.7 Å². The molecule has 1 heterocycles. The number of ether oxygens (including phenoxy) is 1. The number of urea groups is 1. The molecule has 0 bridgehead atoms. The molecule has 3 amide bonds. The second-order valence-corrected chi connectivity index (χ2v) is 8.03. The van der Waals surface area contributed by atoms with Gasteiger partial charge in [-0.1, -0.05) is 24.3 Å². The maximum absolute atomic E-state index is 13.0. The molecule has 172 valence electrons. The first-order valence-corrected chi connectivity index (χ1v) is 11.4. The van der Waals surface area contributed by atoms with Gasteiger partial charge in [0.1, 0.15) is 5.75 Å². The zero-order chi connectivity index (χ0) is 22.9. The van der Waals surface area contributed by atoms with Gasteiger partial charge in [0, 0.05) is 39.3 Å². The van der Waals surface area contributed by atoms with E-state index < -0.39 is 0 Å². The summed E-state index contributed by atoms with van der Waals surface area (Å²) < 4.78 is 6.02. The van der Waals surface area contributed by atoms with Gasteiger partial charge in [-0.05, 0) is 57.0 Å². The molecule has 0 aliphatic carbocycles. The third kappa shape index (κ3) is 6.47. The number of rotatable bonds is 7. The fourth-order valence-electron chi connectivity index (χ4n) is 3.86. The molecule has 7 nitrogen and oxygen atoms in total. The third-order valence-corrected chi connectivity index (χ3v) is 5.70. The van der Waals surface area contributed by atoms with E-state index in [0.29, 0.717) is 37.6 Å². The van der Waals surface area contributed by atoms with Crippen molar-refractivity contribution in [1.29, 1.82) is 0 Å². The van der Waals surface area contributed by atoms with Gasteiger partial charge in [0.05, 0.1) is 12.2 Å². The lowest BCUT2D eigenvalue weighted by Crippen LogP contribution is -2.42. The highest BCUT2D eigenvalue weighted by atomic mass is 16.5. The van der Waals surface area contributed by atoms with Gasteiger partial charge in [0.25, 0.3) is 0 Å². The van der Waals surface area contributed by atoms with Crippen molar-refractivity contribution < 1.29 is 14.3 Å². The molecule has 0 saturated carbocycles. The third-order valence-electron chi connectivity index (χ3n) is 5.70. The van der Waals surface area contributed by atoms with Crippen molar-refractivity contribution >= 4 is 17.6 Å². The molecule has 2 aromatic carbocycles. The predicted molar refractivity (Wildman–Crippen MR) is 127 cm³/mol. The summed E-state index contributed by atoms with van der Waals surface area (Å²) in [4.78, 5) is 31.2. The van der Waals surface area contributed by atoms with E-state index in [0.717, 1.165) is 37.4 Å². The molecule has 1 fully saturated rings. The van der Waals surface area contributed by atoms with E-state index in [4.69, 9.17) is 4.74 Å². The monoisotopic (exact) mass is 438 g/mol. The lowest BCUT2D eigenvalue weighted by molar-refractivity contribution is -0.132. The Morgan fingerprint density at radius 1 is 1.00 bits per heavy atom. The van der Waals surface area contributed by atoms with E-state index in [2.05, 4.69) is 10.2 Å². The number of nitrogens with zero attached hydrogens (tertiary/aromatic N) is 3. The summed E-state index contributed by atoms with van der Waals surface area (Å²) in [5.74, 6) is 1.48. The second-order valence-electron chi connectivity index (χ2n) is 8.03. The quantitative estimate of drug-likeness (QED) is 0.704. The summed E-state index contributed by atoms with van der Waals surface area (Å²) in [5, 5.41) is 3.00. The smallest absolute Gasteiger partial charge is 0.321 e. The minimum absolute atomic E-state index is 0.148. The van der Waals surface area contributed by atoms with Crippen LogP contribution in [0, 0.1) is 6.92 Å². The normalized spacial score (nSPS) is 14.5. The minimum Gasteiger partial charge on any atom is -0.455 e. The Morgan fingerprint density at radius 3 is 2.53 bits per heavy atom. The molecule has 1 saturated heterocycles. The molecular weight excluding hydrogens is 404 g/mol. The van der Waals surface area contributed by atoms with Crippen LogP contribution in [0.25, 0.3) is 0 Å². The Morgan fingerprint density at radius 2 is 1.78 bits per heavy atom. The number of amides is 3. The Balaban J connectivity index is 1.59. The SMILES string of the molecule is CCN(CC)C(=O)CN1CCCN(C(=O)Nc2ccccc2Oc2cccc(C)c2)CC1. The molecule has 1 aliphatic heterocycles. The van der Waals surface area contributed by atoms with Crippen LogP contribution in [0.3, 0.4) is 0 Å². The van der Waals surface area contributed by atoms with E-state index in [1.165, 1.54) is 0 Å². The van der Waals surface area contributed by atoms with Crippen molar-refractivity contribution in [2.24, 2.45) is 0 Å². The standard InChI is InChI=1S/C25H34N4O3/c1-4-28(5-2)24(30)19-27-14-9-15-29(17-16-27)25(31)26-22-12-6-7-13-23(22)32-21-11-8-10-20(3)18-21/h6-8,10-13,18H,4-5,9,14-17,19H2,1-3H3,(H,26,31). The molecule has 2 aromatic rings. The van der Waals surface area contributed by atoms with Crippen molar-refractivity contribution in [3.63, 3.8) is 0 Å². The van der Waals surface area contributed by atoms with Gasteiger partial charge >= 0.3 is 6.03 Å². The average molecular weight is 439 g/mol. The maximum Gasteiger partial charge on any atom is 0.321 e. The Labute approximate surface area is 190 Å². The highest BCUT2D eigenvalue weighted by Crippen LogP contribution is 2.30. The van der Waals surface area contributed by atoms with Crippen LogP contribution in [0.15, 0.2) is 48.5 Å². The molecule has 0 aromatic heterocycles. The van der Waals surface area contributed by atoms with Crippen LogP contribution in [-0.2, 0) is 4.79 Å². The molecule has 0 unspecified atom stereocenters. The van der Waals surface area contributed by atoms with E-state index in [1.54, 1.807) is 0 Å². The number of carbonyl (C=O) groups excluding carboxylic acids is 2. The lowest BCUT2D eigenvalue weighted by Gasteiger charge is -2.25. The first-order chi connectivity index (χ1) is 15.5. The van der Waals surface area contributed by atoms with Gasteiger partial charge in [-0.15, -0.1) is 0 Å². The van der Waals surface area contributed by atoms with Gasteiger partial charge in [-0.2, -0.15) is 0 Å². The van der Waals surface area contributed by atoms with Crippen LogP contribution in [0.1, 0.15) is 25.8 Å². The number of anilines is 1. The van der Waals surface area contributed by atoms with E-state index in [1.807, 2.05) is 79.1 Å². The van der Waals surface area contributed by atoms with E-state index >= 15 is 0 Å². The van der Waals surface area contributed by atoms with E-state index in [9.17, 15) is 9.59 Å². The minimum atomic E-state index is -0.151. The average Bonchev–Trinajstić information content (AvgIpc) is 3.02. The van der Waals surface area contributed by atoms with Gasteiger partial charge in [-0.25, -0.2) is 4.79 Å². The summed E-state index contributed by atoms with van der Waals surface area (Å²) in [7, 11) is 0. The molecule has 0 radical (unpaired) electrons. The summed E-state index contributed by atoms with van der Waals surface area (Å²) in [6, 6.07) is 15.1. The Kier molecular flexibility index (Phi) is 8.50. The van der Waals surface area contributed by atoms with Crippen LogP contribution in [0.4, 0.5) is 10.5 Å². The maximum atomic E-state index is 13.0. The highest BCUT2D eigenvalue weighted by Gasteiger charge is 2.22. The van der Waals surface area contributed by atoms with Crippen LogP contribution in [0.5, 0.6) is 11.5 Å². The van der Waals surface area contributed by atoms with Crippen molar-refractivity contribution in [3.8, 4) is 11.5 Å². The number of benzene rings is 2. The van der Waals surface area contributed by atoms with Gasteiger partial charge < -0.3 is 19.9 Å². The van der Waals surface area contributed by atoms with E-state index in [-0.39, 0.29) is 11.9 Å². The van der Waals surface area contributed by atoms with Gasteiger partial charge in [0.15, 0.2) is 5.75 Å². The zero-order valence-electron chi connectivity index (χ0n) is 19.3. The lowest BCUT2D eigenvalue weighted by atomic mass is 10.2. The second kappa shape index (κ2) is 11.5. The number of hydrogen-bond acceptors (Lipinski definition) is 4. The van der Waals surface area contributed by atoms with Crippen molar-refractivity contribution in [2.45, 2.75) is 27.2 Å². The van der Waals surface area contributed by atoms with Gasteiger partial charge in [-0.3, -0.25) is 9.69 Å². The fraction of sp³-hybridized carbons (Fsp3) is 0.440. The van der Waals surface area contributed by atoms with Crippen LogP contribution >= 0.6 is 0 Å². The van der Waals surface area contributed by atoms with Crippen molar-refractivity contribution in [3.05, 3.63) is 54.1 Å². The fourth-order valence-corrected chi connectivity index (χ4v) is 3.86. The summed E-state index contributed by atoms with van der Waals surface area (Å²) in [5.41, 5.74) is 1.74. The number of carbonyl (C=O) groups is 2. The first-order valence-electron chi connectivity index (χ1n) is 11.4. The van der Waals surface area contributed by atoms with Crippen molar-refractivity contribution in [2.75, 3.05) is 51.1 Å². The van der Waals surface area contributed by atoms with Crippen LogP contribution < -0.4 is 10.1 Å². The summed E-state index contributed by atoms with van der Waals surface area (Å²) in [6.07, 6.45) is 0.834. The van der Waals surface area contributed by atoms with Crippen LogP contribution in [-0.4, -0.2) is 72.5 Å². The molecule has 0 spiro atoms. The molecule has 7 heteroatoms. The zero-order valence-corrected chi connectivity index (χ0v) is 19.3. The number of nitrogens with one attached hydrogen (secondary N) is 1. The summed E-state index contributed by atoms with van der Waals surface area (Å²) in [6.45, 7) is 10.6. The molecule has 1 aliphatic rings. The molecular formula is C25H34N4O3. The number of aryl methyl sites for hydroxylation is 1. The molecule has 0 atom stereocenters. The topological polar surface area (TPSA) is 65.1 Å². The Hall–Kier alpha value is -3.06. The number of likely N-dealkylation sites (N-methyl/N-ethyl adjacent to an activating group) is 1. The van der Waals surface area contributed by atoms with Crippen LogP contribution in [0.2, 0.25) is 0 Å². The number of hydrogen-bond donors (Lipinski definition) is 1. The molecule has 3 rings (SSSR count). The first kappa shape index (κ1) is 23.6.